The molecule has 0 N–H and O–H groups in total. The molecule has 0 aromatic heterocycles. The van der Waals surface area contributed by atoms with E-state index in [1.807, 2.05) is 0 Å². The van der Waals surface area contributed by atoms with Crippen LogP contribution >= 0.6 is 0 Å². The second-order valence-electron chi connectivity index (χ2n) is 3.40. The Kier molecular flexibility index (Phi) is 4.63. The van der Waals surface area contributed by atoms with Crippen LogP contribution in [0.5, 0.6) is 0 Å². The van der Waals surface area contributed by atoms with Gasteiger partial charge in [-0.3, -0.25) is 4.79 Å². The van der Waals surface area contributed by atoms with Gasteiger partial charge in [0.15, 0.2) is 5.92 Å². The highest BCUT2D eigenvalue weighted by atomic mass is 19.4. The Balaban J connectivity index is 4.76. The van der Waals surface area contributed by atoms with Crippen LogP contribution in [0.1, 0.15) is 20.3 Å². The van der Waals surface area contributed by atoms with Crippen molar-refractivity contribution in [1.82, 2.24) is 0 Å². The molecule has 2 nitrogen and oxygen atoms in total. The maximum absolute atomic E-state index is 12.2. The summed E-state index contributed by atoms with van der Waals surface area (Å²) in [7, 11) is 0. The standard InChI is InChI=1S/C8H10F6O2/c1-4(2)16-6(15)5(8(12,13)14)3-7(9,10)11/h4-5H,3H2,1-2H3. The fourth-order valence-electron chi connectivity index (χ4n) is 0.879. The lowest BCUT2D eigenvalue weighted by Gasteiger charge is -2.21. The van der Waals surface area contributed by atoms with E-state index < -0.39 is 36.8 Å². The normalized spacial score (nSPS) is 15.1. The Bertz CT molecular complexity index is 242. The number of carbonyl (C=O) groups excluding carboxylic acids is 1. The van der Waals surface area contributed by atoms with E-state index in [2.05, 4.69) is 4.74 Å². The highest BCUT2D eigenvalue weighted by Crippen LogP contribution is 2.36. The van der Waals surface area contributed by atoms with Crippen molar-refractivity contribution < 1.29 is 35.9 Å². The van der Waals surface area contributed by atoms with Gasteiger partial charge in [-0.15, -0.1) is 0 Å². The topological polar surface area (TPSA) is 26.3 Å². The molecule has 0 aliphatic heterocycles. The summed E-state index contributed by atoms with van der Waals surface area (Å²) in [5.41, 5.74) is 0. The highest BCUT2D eigenvalue weighted by Gasteiger charge is 2.51. The summed E-state index contributed by atoms with van der Waals surface area (Å²) in [4.78, 5) is 10.8. The molecule has 1 atom stereocenters. The summed E-state index contributed by atoms with van der Waals surface area (Å²) in [6.45, 7) is 2.50. The van der Waals surface area contributed by atoms with Crippen molar-refractivity contribution in [1.29, 1.82) is 0 Å². The highest BCUT2D eigenvalue weighted by molar-refractivity contribution is 5.73. The summed E-state index contributed by atoms with van der Waals surface area (Å²) in [5.74, 6) is -5.06. The second kappa shape index (κ2) is 4.92. The van der Waals surface area contributed by atoms with Crippen molar-refractivity contribution in [2.24, 2.45) is 5.92 Å². The van der Waals surface area contributed by atoms with Gasteiger partial charge >= 0.3 is 18.3 Å². The van der Waals surface area contributed by atoms with Gasteiger partial charge in [-0.1, -0.05) is 0 Å². The fraction of sp³-hybridized carbons (Fsp3) is 0.875. The molecular formula is C8H10F6O2. The molecule has 0 heterocycles. The summed E-state index contributed by atoms with van der Waals surface area (Å²) in [5, 5.41) is 0. The molecular weight excluding hydrogens is 242 g/mol. The van der Waals surface area contributed by atoms with Gasteiger partial charge in [0.25, 0.3) is 0 Å². The Hall–Kier alpha value is -0.950. The lowest BCUT2D eigenvalue weighted by molar-refractivity contribution is -0.229. The van der Waals surface area contributed by atoms with Crippen molar-refractivity contribution in [3.8, 4) is 0 Å². The van der Waals surface area contributed by atoms with E-state index in [0.717, 1.165) is 0 Å². The van der Waals surface area contributed by atoms with Crippen LogP contribution in [0.3, 0.4) is 0 Å². The van der Waals surface area contributed by atoms with Crippen molar-refractivity contribution in [3.63, 3.8) is 0 Å². The molecule has 0 saturated heterocycles. The van der Waals surface area contributed by atoms with E-state index in [-0.39, 0.29) is 0 Å². The molecule has 0 radical (unpaired) electrons. The molecule has 0 bridgehead atoms. The Morgan fingerprint density at radius 1 is 1.12 bits per heavy atom. The van der Waals surface area contributed by atoms with Gasteiger partial charge in [0.1, 0.15) is 0 Å². The first-order valence-electron chi connectivity index (χ1n) is 4.27. The van der Waals surface area contributed by atoms with Crippen LogP contribution in [0.25, 0.3) is 0 Å². The zero-order valence-corrected chi connectivity index (χ0v) is 8.45. The molecule has 0 rings (SSSR count). The Morgan fingerprint density at radius 3 is 1.81 bits per heavy atom. The lowest BCUT2D eigenvalue weighted by Crippen LogP contribution is -2.37. The predicted octanol–water partition coefficient (Wildman–Crippen LogP) is 3.07. The minimum atomic E-state index is -5.26. The quantitative estimate of drug-likeness (QED) is 0.570. The lowest BCUT2D eigenvalue weighted by atomic mass is 10.1. The Morgan fingerprint density at radius 2 is 1.56 bits per heavy atom. The van der Waals surface area contributed by atoms with Crippen molar-refractivity contribution in [2.45, 2.75) is 38.7 Å². The first-order valence-corrected chi connectivity index (χ1v) is 4.27. The zero-order valence-electron chi connectivity index (χ0n) is 8.45. The molecule has 8 heteroatoms. The van der Waals surface area contributed by atoms with Gasteiger partial charge < -0.3 is 4.74 Å². The number of carbonyl (C=O) groups is 1. The van der Waals surface area contributed by atoms with Crippen LogP contribution in [0.4, 0.5) is 26.3 Å². The van der Waals surface area contributed by atoms with E-state index >= 15 is 0 Å². The second-order valence-corrected chi connectivity index (χ2v) is 3.40. The zero-order chi connectivity index (χ0) is 13.1. The van der Waals surface area contributed by atoms with Crippen LogP contribution in [0, 0.1) is 5.92 Å². The van der Waals surface area contributed by atoms with E-state index in [4.69, 9.17) is 0 Å². The third kappa shape index (κ3) is 5.82. The summed E-state index contributed by atoms with van der Waals surface area (Å²) in [6.07, 6.45) is -13.5. The predicted molar refractivity (Wildman–Crippen MR) is 41.4 cm³/mol. The van der Waals surface area contributed by atoms with E-state index in [0.29, 0.717) is 0 Å². The number of alkyl halides is 6. The maximum atomic E-state index is 12.2. The maximum Gasteiger partial charge on any atom is 0.402 e. The average molecular weight is 252 g/mol. The van der Waals surface area contributed by atoms with Crippen LogP contribution in [-0.4, -0.2) is 24.4 Å². The van der Waals surface area contributed by atoms with Crippen LogP contribution < -0.4 is 0 Å². The monoisotopic (exact) mass is 252 g/mol. The number of esters is 1. The molecule has 0 aliphatic rings. The first kappa shape index (κ1) is 15.0. The number of halogens is 6. The SMILES string of the molecule is CC(C)OC(=O)C(CC(F)(F)F)C(F)(F)F. The van der Waals surface area contributed by atoms with E-state index in [1.54, 1.807) is 0 Å². The van der Waals surface area contributed by atoms with Crippen molar-refractivity contribution >= 4 is 5.97 Å². The molecule has 16 heavy (non-hydrogen) atoms. The van der Waals surface area contributed by atoms with Gasteiger partial charge in [-0.05, 0) is 13.8 Å². The molecule has 0 aromatic rings. The number of ether oxygens (including phenoxy) is 1. The van der Waals surface area contributed by atoms with Gasteiger partial charge in [0, 0.05) is 0 Å². The van der Waals surface area contributed by atoms with E-state index in [1.165, 1.54) is 13.8 Å². The van der Waals surface area contributed by atoms with Crippen LogP contribution in [-0.2, 0) is 9.53 Å². The van der Waals surface area contributed by atoms with Gasteiger partial charge in [-0.25, -0.2) is 0 Å². The largest absolute Gasteiger partial charge is 0.463 e. The van der Waals surface area contributed by atoms with Gasteiger partial charge in [0.05, 0.1) is 12.5 Å². The molecule has 0 aromatic carbocycles. The van der Waals surface area contributed by atoms with Crippen molar-refractivity contribution in [2.75, 3.05) is 0 Å². The molecule has 0 spiro atoms. The number of hydrogen-bond donors (Lipinski definition) is 0. The molecule has 1 unspecified atom stereocenters. The van der Waals surface area contributed by atoms with Crippen molar-refractivity contribution in [3.05, 3.63) is 0 Å². The first-order chi connectivity index (χ1) is 6.93. The Labute approximate surface area is 87.6 Å². The van der Waals surface area contributed by atoms with E-state index in [9.17, 15) is 31.1 Å². The summed E-state index contributed by atoms with van der Waals surface area (Å²) >= 11 is 0. The molecule has 0 aliphatic carbocycles. The number of hydrogen-bond acceptors (Lipinski definition) is 2. The molecule has 96 valence electrons. The molecule has 0 amide bonds. The average Bonchev–Trinajstić information content (AvgIpc) is 1.94. The smallest absolute Gasteiger partial charge is 0.402 e. The fourth-order valence-corrected chi connectivity index (χ4v) is 0.879. The third-order valence-corrected chi connectivity index (χ3v) is 1.47. The van der Waals surface area contributed by atoms with Crippen LogP contribution in [0.2, 0.25) is 0 Å². The van der Waals surface area contributed by atoms with Gasteiger partial charge in [0.2, 0.25) is 0 Å². The summed E-state index contributed by atoms with van der Waals surface area (Å²) in [6, 6.07) is 0. The van der Waals surface area contributed by atoms with Gasteiger partial charge in [-0.2, -0.15) is 26.3 Å². The molecule has 0 fully saturated rings. The minimum absolute atomic E-state index is 0.898. The summed E-state index contributed by atoms with van der Waals surface area (Å²) < 4.78 is 76.1. The van der Waals surface area contributed by atoms with Crippen LogP contribution in [0.15, 0.2) is 0 Å². The molecule has 0 saturated carbocycles. The minimum Gasteiger partial charge on any atom is -0.463 e. The number of rotatable bonds is 3. The third-order valence-electron chi connectivity index (χ3n) is 1.47.